The Bertz CT molecular complexity index is 933. The zero-order valence-corrected chi connectivity index (χ0v) is 17.1. The average Bonchev–Trinajstić information content (AvgIpc) is 3.22. The minimum Gasteiger partial charge on any atom is -0.369 e. The quantitative estimate of drug-likeness (QED) is 0.593. The largest absolute Gasteiger partial charge is 0.369 e. The van der Waals surface area contributed by atoms with E-state index < -0.39 is 0 Å². The van der Waals surface area contributed by atoms with E-state index in [2.05, 4.69) is 32.2 Å². The van der Waals surface area contributed by atoms with E-state index in [-0.39, 0.29) is 17.7 Å². The number of halogens is 2. The Morgan fingerprint density at radius 2 is 1.53 bits per heavy atom. The Morgan fingerprint density at radius 1 is 0.900 bits per heavy atom. The van der Waals surface area contributed by atoms with Gasteiger partial charge < -0.3 is 4.90 Å². The van der Waals surface area contributed by atoms with Gasteiger partial charge in [-0.25, -0.2) is 13.5 Å². The Morgan fingerprint density at radius 3 is 2.17 bits per heavy atom. The van der Waals surface area contributed by atoms with E-state index in [4.69, 9.17) is 0 Å². The van der Waals surface area contributed by atoms with Gasteiger partial charge in [0, 0.05) is 31.9 Å². The van der Waals surface area contributed by atoms with Crippen LogP contribution in [0.3, 0.4) is 0 Å². The molecule has 1 fully saturated rings. The van der Waals surface area contributed by atoms with Crippen LogP contribution >= 0.6 is 0 Å². The molecule has 1 atom stereocenters. The summed E-state index contributed by atoms with van der Waals surface area (Å²) < 4.78 is 28.2. The maximum absolute atomic E-state index is 13.2. The molecule has 0 amide bonds. The third-order valence-corrected chi connectivity index (χ3v) is 5.61. The predicted molar refractivity (Wildman–Crippen MR) is 111 cm³/mol. The van der Waals surface area contributed by atoms with Gasteiger partial charge in [-0.05, 0) is 58.8 Å². The highest BCUT2D eigenvalue weighted by Gasteiger charge is 2.28. The fraction of sp³-hybridized carbons (Fsp3) is 0.409. The van der Waals surface area contributed by atoms with Crippen molar-refractivity contribution < 1.29 is 8.78 Å². The zero-order chi connectivity index (χ0) is 20.9. The fourth-order valence-corrected chi connectivity index (χ4v) is 4.02. The van der Waals surface area contributed by atoms with Crippen molar-refractivity contribution >= 4 is 5.69 Å². The molecule has 0 bridgehead atoms. The molecule has 1 aliphatic heterocycles. The van der Waals surface area contributed by atoms with E-state index in [0.29, 0.717) is 6.54 Å². The van der Waals surface area contributed by atoms with Crippen molar-refractivity contribution in [3.63, 3.8) is 0 Å². The molecule has 3 aromatic rings. The van der Waals surface area contributed by atoms with Gasteiger partial charge in [-0.1, -0.05) is 25.5 Å². The highest BCUT2D eigenvalue weighted by Crippen LogP contribution is 2.27. The summed E-state index contributed by atoms with van der Waals surface area (Å²) in [4.78, 5) is 4.71. The first-order valence-electron chi connectivity index (χ1n) is 10.4. The second kappa shape index (κ2) is 9.30. The van der Waals surface area contributed by atoms with Crippen LogP contribution in [0, 0.1) is 11.6 Å². The second-order valence-corrected chi connectivity index (χ2v) is 7.63. The summed E-state index contributed by atoms with van der Waals surface area (Å²) in [5, 5.41) is 12.5. The summed E-state index contributed by atoms with van der Waals surface area (Å²) in [6.07, 6.45) is 1.98. The molecule has 1 saturated heterocycles. The summed E-state index contributed by atoms with van der Waals surface area (Å²) in [7, 11) is 0. The van der Waals surface area contributed by atoms with E-state index in [9.17, 15) is 8.78 Å². The first-order chi connectivity index (χ1) is 14.6. The van der Waals surface area contributed by atoms with Gasteiger partial charge in [0.1, 0.15) is 11.6 Å². The number of tetrazole rings is 1. The van der Waals surface area contributed by atoms with Gasteiger partial charge in [0.15, 0.2) is 5.82 Å². The van der Waals surface area contributed by atoms with Gasteiger partial charge in [0.05, 0.1) is 12.6 Å². The lowest BCUT2D eigenvalue weighted by Crippen LogP contribution is -2.48. The van der Waals surface area contributed by atoms with Crippen molar-refractivity contribution in [1.29, 1.82) is 0 Å². The second-order valence-electron chi connectivity index (χ2n) is 7.63. The summed E-state index contributed by atoms with van der Waals surface area (Å²) in [5.74, 6) is 0.378. The van der Waals surface area contributed by atoms with Crippen LogP contribution in [0.25, 0.3) is 0 Å². The molecule has 4 rings (SSSR count). The number of benzene rings is 2. The molecular formula is C22H26F2N6. The van der Waals surface area contributed by atoms with Crippen LogP contribution in [-0.4, -0.2) is 51.3 Å². The Labute approximate surface area is 175 Å². The summed E-state index contributed by atoms with van der Waals surface area (Å²) in [5.41, 5.74) is 2.01. The van der Waals surface area contributed by atoms with Crippen LogP contribution in [0.4, 0.5) is 14.5 Å². The molecule has 0 unspecified atom stereocenters. The molecule has 1 aliphatic rings. The van der Waals surface area contributed by atoms with Crippen LogP contribution < -0.4 is 4.90 Å². The van der Waals surface area contributed by atoms with Crippen LogP contribution in [0.15, 0.2) is 48.5 Å². The summed E-state index contributed by atoms with van der Waals surface area (Å²) >= 11 is 0. The SMILES string of the molecule is CCC[C@H](c1nnnn1Cc1ccc(F)cc1)N1CCN(c2ccc(F)cc2)CC1. The average molecular weight is 412 g/mol. The lowest BCUT2D eigenvalue weighted by Gasteiger charge is -2.39. The molecule has 0 saturated carbocycles. The minimum absolute atomic E-state index is 0.126. The predicted octanol–water partition coefficient (Wildman–Crippen LogP) is 3.66. The molecule has 0 aliphatic carbocycles. The Kier molecular flexibility index (Phi) is 6.32. The van der Waals surface area contributed by atoms with Gasteiger partial charge in [-0.2, -0.15) is 0 Å². The van der Waals surface area contributed by atoms with Crippen LogP contribution in [-0.2, 0) is 6.54 Å². The van der Waals surface area contributed by atoms with Gasteiger partial charge in [-0.15, -0.1) is 5.10 Å². The summed E-state index contributed by atoms with van der Waals surface area (Å²) in [6.45, 7) is 6.17. The number of aromatic nitrogens is 4. The number of nitrogens with zero attached hydrogens (tertiary/aromatic N) is 6. The fourth-order valence-electron chi connectivity index (χ4n) is 4.02. The standard InChI is InChI=1S/C22H26F2N6/c1-2-3-21(22-25-26-27-30(22)16-17-4-6-18(23)7-5-17)29-14-12-28(13-15-29)20-10-8-19(24)9-11-20/h4-11,21H,2-3,12-16H2,1H3/t21-/m1/s1. The van der Waals surface area contributed by atoms with Crippen LogP contribution in [0.1, 0.15) is 37.2 Å². The van der Waals surface area contributed by atoms with Crippen molar-refractivity contribution in [1.82, 2.24) is 25.1 Å². The number of hydrogen-bond acceptors (Lipinski definition) is 5. The Hall–Kier alpha value is -2.87. The molecule has 1 aromatic heterocycles. The molecular weight excluding hydrogens is 386 g/mol. The number of rotatable bonds is 7. The first-order valence-corrected chi connectivity index (χ1v) is 10.4. The third kappa shape index (κ3) is 4.64. The van der Waals surface area contributed by atoms with E-state index in [1.165, 1.54) is 24.3 Å². The maximum Gasteiger partial charge on any atom is 0.168 e. The van der Waals surface area contributed by atoms with Crippen LogP contribution in [0.2, 0.25) is 0 Å². The van der Waals surface area contributed by atoms with E-state index in [0.717, 1.165) is 56.1 Å². The maximum atomic E-state index is 13.2. The monoisotopic (exact) mass is 412 g/mol. The van der Waals surface area contributed by atoms with Gasteiger partial charge >= 0.3 is 0 Å². The van der Waals surface area contributed by atoms with E-state index >= 15 is 0 Å². The highest BCUT2D eigenvalue weighted by molar-refractivity contribution is 5.46. The molecule has 8 heteroatoms. The van der Waals surface area contributed by atoms with E-state index in [1.54, 1.807) is 12.1 Å². The normalized spacial score (nSPS) is 16.0. The van der Waals surface area contributed by atoms with Crippen molar-refractivity contribution in [3.05, 3.63) is 71.6 Å². The van der Waals surface area contributed by atoms with Gasteiger partial charge in [-0.3, -0.25) is 4.90 Å². The van der Waals surface area contributed by atoms with Crippen molar-refractivity contribution in [2.45, 2.75) is 32.4 Å². The molecule has 30 heavy (non-hydrogen) atoms. The van der Waals surface area contributed by atoms with E-state index in [1.807, 2.05) is 16.8 Å². The summed E-state index contributed by atoms with van der Waals surface area (Å²) in [6, 6.07) is 13.2. The molecule has 2 heterocycles. The van der Waals surface area contributed by atoms with Crippen LogP contribution in [0.5, 0.6) is 0 Å². The lowest BCUT2D eigenvalue weighted by atomic mass is 10.1. The molecule has 0 N–H and O–H groups in total. The lowest BCUT2D eigenvalue weighted by molar-refractivity contribution is 0.164. The van der Waals surface area contributed by atoms with Crippen molar-refractivity contribution in [2.24, 2.45) is 0 Å². The first kappa shape index (κ1) is 20.4. The topological polar surface area (TPSA) is 50.1 Å². The number of piperazine rings is 1. The molecule has 0 spiro atoms. The third-order valence-electron chi connectivity index (χ3n) is 5.61. The number of anilines is 1. The molecule has 2 aromatic carbocycles. The Balaban J connectivity index is 1.46. The van der Waals surface area contributed by atoms with Crippen molar-refractivity contribution in [2.75, 3.05) is 31.1 Å². The molecule has 158 valence electrons. The molecule has 6 nitrogen and oxygen atoms in total. The smallest absolute Gasteiger partial charge is 0.168 e. The zero-order valence-electron chi connectivity index (χ0n) is 17.1. The van der Waals surface area contributed by atoms with Gasteiger partial charge in [0.25, 0.3) is 0 Å². The molecule has 0 radical (unpaired) electrons. The van der Waals surface area contributed by atoms with Gasteiger partial charge in [0.2, 0.25) is 0 Å². The minimum atomic E-state index is -0.251. The number of hydrogen-bond donors (Lipinski definition) is 0. The highest BCUT2D eigenvalue weighted by atomic mass is 19.1. The van der Waals surface area contributed by atoms with Crippen molar-refractivity contribution in [3.8, 4) is 0 Å².